The molecule has 3 N–H and O–H groups in total. The number of nitrogens with one attached hydrogen (secondary N) is 1. The molecule has 30 heavy (non-hydrogen) atoms. The SMILES string of the molecule is NC(=O)c1cncc(N2CCCC3(CCc4c3nc(-c3cccnc3)[nH]c4=O)C2)n1. The molecule has 9 nitrogen and oxygen atoms in total. The smallest absolute Gasteiger partial charge is 0.268 e. The number of aromatic amines is 1. The van der Waals surface area contributed by atoms with Gasteiger partial charge in [0.25, 0.3) is 11.5 Å². The molecule has 1 saturated heterocycles. The largest absolute Gasteiger partial charge is 0.364 e. The number of aromatic nitrogens is 5. The van der Waals surface area contributed by atoms with Crippen LogP contribution in [0.3, 0.4) is 0 Å². The fraction of sp³-hybridized carbons (Fsp3) is 0.333. The Morgan fingerprint density at radius 2 is 2.07 bits per heavy atom. The molecule has 3 aromatic rings. The van der Waals surface area contributed by atoms with Gasteiger partial charge in [0.05, 0.1) is 18.1 Å². The summed E-state index contributed by atoms with van der Waals surface area (Å²) in [6, 6.07) is 3.71. The third kappa shape index (κ3) is 3.02. The van der Waals surface area contributed by atoms with E-state index in [1.165, 1.54) is 6.20 Å². The average molecular weight is 403 g/mol. The van der Waals surface area contributed by atoms with Gasteiger partial charge in [0.15, 0.2) is 0 Å². The second-order valence-corrected chi connectivity index (χ2v) is 7.92. The fourth-order valence-corrected chi connectivity index (χ4v) is 4.64. The number of nitrogens with zero attached hydrogens (tertiary/aromatic N) is 5. The molecule has 0 bridgehead atoms. The average Bonchev–Trinajstić information content (AvgIpc) is 3.12. The maximum atomic E-state index is 12.8. The lowest BCUT2D eigenvalue weighted by molar-refractivity contribution is 0.0995. The van der Waals surface area contributed by atoms with E-state index in [-0.39, 0.29) is 16.7 Å². The zero-order valence-corrected chi connectivity index (χ0v) is 16.3. The first-order valence-corrected chi connectivity index (χ1v) is 9.97. The number of nitrogens with two attached hydrogens (primary N) is 1. The van der Waals surface area contributed by atoms with Crippen molar-refractivity contribution in [2.45, 2.75) is 31.1 Å². The molecule has 0 radical (unpaired) electrons. The molecular formula is C21H21N7O2. The van der Waals surface area contributed by atoms with Gasteiger partial charge < -0.3 is 15.6 Å². The molecule has 1 aliphatic carbocycles. The maximum Gasteiger partial charge on any atom is 0.268 e. The molecule has 4 heterocycles. The molecule has 1 fully saturated rings. The van der Waals surface area contributed by atoms with Gasteiger partial charge in [-0.3, -0.25) is 19.6 Å². The lowest BCUT2D eigenvalue weighted by Gasteiger charge is -2.41. The summed E-state index contributed by atoms with van der Waals surface area (Å²) in [5.41, 5.74) is 7.62. The number of carbonyl (C=O) groups excluding carboxylic acids is 1. The van der Waals surface area contributed by atoms with E-state index in [2.05, 4.69) is 24.8 Å². The van der Waals surface area contributed by atoms with Crippen LogP contribution in [0.1, 0.15) is 41.0 Å². The second kappa shape index (κ2) is 7.01. The summed E-state index contributed by atoms with van der Waals surface area (Å²) in [6.07, 6.45) is 9.84. The third-order valence-corrected chi connectivity index (χ3v) is 6.08. The predicted molar refractivity (Wildman–Crippen MR) is 110 cm³/mol. The van der Waals surface area contributed by atoms with Crippen molar-refractivity contribution in [2.75, 3.05) is 18.0 Å². The van der Waals surface area contributed by atoms with E-state index in [0.29, 0.717) is 24.6 Å². The van der Waals surface area contributed by atoms with Crippen molar-refractivity contribution in [1.29, 1.82) is 0 Å². The van der Waals surface area contributed by atoms with Crippen LogP contribution in [0, 0.1) is 0 Å². The van der Waals surface area contributed by atoms with Crippen molar-refractivity contribution >= 4 is 11.7 Å². The summed E-state index contributed by atoms with van der Waals surface area (Å²) < 4.78 is 0. The van der Waals surface area contributed by atoms with Gasteiger partial charge in [-0.15, -0.1) is 0 Å². The Kier molecular flexibility index (Phi) is 4.30. The first-order valence-electron chi connectivity index (χ1n) is 9.97. The van der Waals surface area contributed by atoms with Crippen LogP contribution in [0.5, 0.6) is 0 Å². The van der Waals surface area contributed by atoms with Crippen LogP contribution in [0.4, 0.5) is 5.82 Å². The molecule has 0 aromatic carbocycles. The third-order valence-electron chi connectivity index (χ3n) is 6.08. The predicted octanol–water partition coefficient (Wildman–Crippen LogP) is 1.21. The van der Waals surface area contributed by atoms with Crippen molar-refractivity contribution < 1.29 is 4.79 Å². The highest BCUT2D eigenvalue weighted by atomic mass is 16.1. The number of primary amides is 1. The fourth-order valence-electron chi connectivity index (χ4n) is 4.64. The molecule has 1 unspecified atom stereocenters. The number of pyridine rings is 1. The highest BCUT2D eigenvalue weighted by Gasteiger charge is 2.45. The van der Waals surface area contributed by atoms with Crippen LogP contribution < -0.4 is 16.2 Å². The Labute approximate surface area is 172 Å². The topological polar surface area (TPSA) is 131 Å². The lowest BCUT2D eigenvalue weighted by Crippen LogP contribution is -2.46. The Morgan fingerprint density at radius 1 is 1.17 bits per heavy atom. The van der Waals surface area contributed by atoms with Gasteiger partial charge >= 0.3 is 0 Å². The molecular weight excluding hydrogens is 382 g/mol. The van der Waals surface area contributed by atoms with Gasteiger partial charge in [0, 0.05) is 42.0 Å². The Balaban J connectivity index is 1.54. The van der Waals surface area contributed by atoms with Crippen LogP contribution in [0.25, 0.3) is 11.4 Å². The van der Waals surface area contributed by atoms with E-state index in [1.807, 2.05) is 12.1 Å². The van der Waals surface area contributed by atoms with E-state index < -0.39 is 5.91 Å². The molecule has 1 spiro atoms. The molecule has 1 amide bonds. The van der Waals surface area contributed by atoms with Gasteiger partial charge in [-0.05, 0) is 37.8 Å². The number of hydrogen-bond acceptors (Lipinski definition) is 7. The Bertz CT molecular complexity index is 1180. The van der Waals surface area contributed by atoms with Crippen molar-refractivity contribution in [1.82, 2.24) is 24.9 Å². The first-order chi connectivity index (χ1) is 14.6. The van der Waals surface area contributed by atoms with Crippen LogP contribution in [-0.2, 0) is 11.8 Å². The van der Waals surface area contributed by atoms with Crippen LogP contribution in [0.15, 0.2) is 41.7 Å². The highest BCUT2D eigenvalue weighted by molar-refractivity contribution is 5.90. The maximum absolute atomic E-state index is 12.8. The molecule has 5 rings (SSSR count). The second-order valence-electron chi connectivity index (χ2n) is 7.92. The number of anilines is 1. The Morgan fingerprint density at radius 3 is 2.87 bits per heavy atom. The number of carbonyl (C=O) groups is 1. The minimum Gasteiger partial charge on any atom is -0.364 e. The van der Waals surface area contributed by atoms with Gasteiger partial charge in [0.1, 0.15) is 17.3 Å². The molecule has 0 saturated carbocycles. The van der Waals surface area contributed by atoms with Crippen molar-refractivity contribution in [2.24, 2.45) is 5.73 Å². The van der Waals surface area contributed by atoms with Crippen LogP contribution >= 0.6 is 0 Å². The van der Waals surface area contributed by atoms with E-state index in [1.54, 1.807) is 18.6 Å². The zero-order chi connectivity index (χ0) is 20.7. The normalized spacial score (nSPS) is 20.3. The van der Waals surface area contributed by atoms with E-state index in [0.717, 1.165) is 42.6 Å². The zero-order valence-electron chi connectivity index (χ0n) is 16.3. The Hall–Kier alpha value is -3.62. The monoisotopic (exact) mass is 403 g/mol. The molecule has 2 aliphatic rings. The molecule has 1 aliphatic heterocycles. The summed E-state index contributed by atoms with van der Waals surface area (Å²) in [5.74, 6) is 0.563. The highest BCUT2D eigenvalue weighted by Crippen LogP contribution is 2.44. The number of rotatable bonds is 3. The lowest BCUT2D eigenvalue weighted by atomic mass is 9.77. The van der Waals surface area contributed by atoms with Crippen LogP contribution in [-0.4, -0.2) is 43.9 Å². The molecule has 3 aromatic heterocycles. The summed E-state index contributed by atoms with van der Waals surface area (Å²) in [6.45, 7) is 1.46. The molecule has 1 atom stereocenters. The van der Waals surface area contributed by atoms with E-state index >= 15 is 0 Å². The number of H-pyrrole nitrogens is 1. The first kappa shape index (κ1) is 18.4. The number of piperidine rings is 1. The summed E-state index contributed by atoms with van der Waals surface area (Å²) >= 11 is 0. The summed E-state index contributed by atoms with van der Waals surface area (Å²) in [7, 11) is 0. The van der Waals surface area contributed by atoms with Gasteiger partial charge in [-0.25, -0.2) is 9.97 Å². The number of hydrogen-bond donors (Lipinski definition) is 2. The van der Waals surface area contributed by atoms with Crippen LogP contribution in [0.2, 0.25) is 0 Å². The number of fused-ring (bicyclic) bond motifs is 2. The van der Waals surface area contributed by atoms with Crippen molar-refractivity contribution in [3.05, 3.63) is 64.2 Å². The van der Waals surface area contributed by atoms with Crippen molar-refractivity contribution in [3.63, 3.8) is 0 Å². The summed E-state index contributed by atoms with van der Waals surface area (Å²) in [5, 5.41) is 0. The molecule has 152 valence electrons. The molecule has 9 heteroatoms. The number of amides is 1. The van der Waals surface area contributed by atoms with E-state index in [4.69, 9.17) is 10.7 Å². The van der Waals surface area contributed by atoms with Gasteiger partial charge in [0.2, 0.25) is 0 Å². The standard InChI is InChI=1S/C21H21N7O2/c22-18(29)15-10-24-11-16(25-15)28-8-2-5-21(12-28)6-4-14-17(21)26-19(27-20(14)30)13-3-1-7-23-9-13/h1,3,7,9-11H,2,4-6,8,12H2,(H2,22,29)(H,26,27,30). The minimum absolute atomic E-state index is 0.0802. The van der Waals surface area contributed by atoms with E-state index in [9.17, 15) is 9.59 Å². The van der Waals surface area contributed by atoms with Gasteiger partial charge in [-0.2, -0.15) is 0 Å². The van der Waals surface area contributed by atoms with Crippen molar-refractivity contribution in [3.8, 4) is 11.4 Å². The quantitative estimate of drug-likeness (QED) is 0.672. The van der Waals surface area contributed by atoms with Gasteiger partial charge in [-0.1, -0.05) is 0 Å². The summed E-state index contributed by atoms with van der Waals surface area (Å²) in [4.78, 5) is 46.9. The minimum atomic E-state index is -0.600.